The van der Waals surface area contributed by atoms with Crippen LogP contribution in [0.25, 0.3) is 0 Å². The number of hydrogen-bond donors (Lipinski definition) is 2. The first kappa shape index (κ1) is 13.5. The minimum atomic E-state index is -1.13. The first-order valence-electron chi connectivity index (χ1n) is 5.37. The zero-order chi connectivity index (χ0) is 13.8. The van der Waals surface area contributed by atoms with Crippen molar-refractivity contribution >= 4 is 21.9 Å². The fourth-order valence-electron chi connectivity index (χ4n) is 1.50. The van der Waals surface area contributed by atoms with E-state index in [-0.39, 0.29) is 18.1 Å². The zero-order valence-electron chi connectivity index (χ0n) is 9.71. The molecule has 98 valence electrons. The molecule has 0 spiro atoms. The van der Waals surface area contributed by atoms with Crippen LogP contribution in [-0.2, 0) is 6.61 Å². The molecular formula is C13H10BrNO4. The molecule has 0 saturated carbocycles. The van der Waals surface area contributed by atoms with Crippen LogP contribution in [0.3, 0.4) is 0 Å². The standard InChI is InChI=1S/C13H10BrNO4/c14-9-5-10(13(17)18)12(15-6-9)19-11-4-2-1-3-8(11)7-16/h1-6,16H,7H2,(H,17,18). The average Bonchev–Trinajstić information content (AvgIpc) is 2.41. The molecular weight excluding hydrogens is 314 g/mol. The Morgan fingerprint density at radius 1 is 1.37 bits per heavy atom. The first-order valence-corrected chi connectivity index (χ1v) is 6.16. The van der Waals surface area contributed by atoms with Crippen LogP contribution in [0.5, 0.6) is 11.6 Å². The molecule has 2 N–H and O–H groups in total. The third kappa shape index (κ3) is 3.10. The summed E-state index contributed by atoms with van der Waals surface area (Å²) < 4.78 is 6.02. The fourth-order valence-corrected chi connectivity index (χ4v) is 1.83. The van der Waals surface area contributed by atoms with Crippen molar-refractivity contribution in [2.24, 2.45) is 0 Å². The van der Waals surface area contributed by atoms with E-state index in [4.69, 9.17) is 9.84 Å². The highest BCUT2D eigenvalue weighted by atomic mass is 79.9. The number of benzene rings is 1. The molecule has 5 nitrogen and oxygen atoms in total. The molecule has 0 aliphatic heterocycles. The van der Waals surface area contributed by atoms with Crippen LogP contribution in [0.1, 0.15) is 15.9 Å². The van der Waals surface area contributed by atoms with E-state index in [9.17, 15) is 9.90 Å². The molecule has 0 fully saturated rings. The lowest BCUT2D eigenvalue weighted by atomic mass is 10.2. The zero-order valence-corrected chi connectivity index (χ0v) is 11.3. The molecule has 0 amide bonds. The van der Waals surface area contributed by atoms with Crippen LogP contribution in [0.2, 0.25) is 0 Å². The summed E-state index contributed by atoms with van der Waals surface area (Å²) in [6.07, 6.45) is 1.45. The van der Waals surface area contributed by atoms with Crippen LogP contribution >= 0.6 is 15.9 Å². The second-order valence-electron chi connectivity index (χ2n) is 3.68. The number of aliphatic hydroxyl groups is 1. The van der Waals surface area contributed by atoms with E-state index in [1.807, 2.05) is 0 Å². The van der Waals surface area contributed by atoms with Gasteiger partial charge >= 0.3 is 5.97 Å². The number of ether oxygens (including phenoxy) is 1. The molecule has 1 aromatic heterocycles. The highest BCUT2D eigenvalue weighted by Crippen LogP contribution is 2.28. The molecule has 0 radical (unpaired) electrons. The van der Waals surface area contributed by atoms with E-state index in [1.54, 1.807) is 24.3 Å². The maximum atomic E-state index is 11.1. The lowest BCUT2D eigenvalue weighted by Gasteiger charge is -2.10. The SMILES string of the molecule is O=C(O)c1cc(Br)cnc1Oc1ccccc1CO. The third-order valence-electron chi connectivity index (χ3n) is 2.40. The van der Waals surface area contributed by atoms with Gasteiger partial charge < -0.3 is 14.9 Å². The second-order valence-corrected chi connectivity index (χ2v) is 4.59. The van der Waals surface area contributed by atoms with Crippen molar-refractivity contribution in [3.05, 3.63) is 52.1 Å². The van der Waals surface area contributed by atoms with Crippen LogP contribution in [0, 0.1) is 0 Å². The smallest absolute Gasteiger partial charge is 0.341 e. The number of carboxylic acid groups (broad SMARTS) is 1. The highest BCUT2D eigenvalue weighted by Gasteiger charge is 2.15. The van der Waals surface area contributed by atoms with Gasteiger partial charge in [-0.2, -0.15) is 0 Å². The van der Waals surface area contributed by atoms with E-state index in [0.29, 0.717) is 15.8 Å². The Bertz CT molecular complexity index is 615. The average molecular weight is 324 g/mol. The second kappa shape index (κ2) is 5.81. The van der Waals surface area contributed by atoms with Crippen molar-refractivity contribution in [2.75, 3.05) is 0 Å². The van der Waals surface area contributed by atoms with Crippen molar-refractivity contribution in [3.8, 4) is 11.6 Å². The number of carboxylic acids is 1. The van der Waals surface area contributed by atoms with Gasteiger partial charge in [-0.05, 0) is 28.1 Å². The Balaban J connectivity index is 2.41. The van der Waals surface area contributed by atoms with Gasteiger partial charge in [0.25, 0.3) is 0 Å². The monoisotopic (exact) mass is 323 g/mol. The Morgan fingerprint density at radius 3 is 2.79 bits per heavy atom. The van der Waals surface area contributed by atoms with E-state index < -0.39 is 5.97 Å². The molecule has 6 heteroatoms. The molecule has 1 heterocycles. The summed E-state index contributed by atoms with van der Waals surface area (Å²) in [4.78, 5) is 15.1. The molecule has 2 aromatic rings. The summed E-state index contributed by atoms with van der Waals surface area (Å²) >= 11 is 3.16. The minimum absolute atomic E-state index is 0.0170. The number of aliphatic hydroxyl groups excluding tert-OH is 1. The summed E-state index contributed by atoms with van der Waals surface area (Å²) in [5.74, 6) is -0.774. The number of nitrogens with zero attached hydrogens (tertiary/aromatic N) is 1. The predicted molar refractivity (Wildman–Crippen MR) is 71.3 cm³/mol. The Labute approximate surface area is 117 Å². The number of halogens is 1. The number of hydrogen-bond acceptors (Lipinski definition) is 4. The van der Waals surface area contributed by atoms with Crippen molar-refractivity contribution in [2.45, 2.75) is 6.61 Å². The molecule has 0 aliphatic rings. The number of para-hydroxylation sites is 1. The van der Waals surface area contributed by atoms with Crippen LogP contribution < -0.4 is 4.74 Å². The molecule has 1 aromatic carbocycles. The lowest BCUT2D eigenvalue weighted by molar-refractivity contribution is 0.0693. The van der Waals surface area contributed by atoms with Gasteiger partial charge in [0.1, 0.15) is 11.3 Å². The van der Waals surface area contributed by atoms with Crippen molar-refractivity contribution < 1.29 is 19.7 Å². The van der Waals surface area contributed by atoms with Crippen molar-refractivity contribution in [1.29, 1.82) is 0 Å². The molecule has 0 bridgehead atoms. The maximum Gasteiger partial charge on any atom is 0.341 e. The van der Waals surface area contributed by atoms with Gasteiger partial charge in [0.15, 0.2) is 0 Å². The largest absolute Gasteiger partial charge is 0.477 e. The number of rotatable bonds is 4. The highest BCUT2D eigenvalue weighted by molar-refractivity contribution is 9.10. The Morgan fingerprint density at radius 2 is 2.11 bits per heavy atom. The van der Waals surface area contributed by atoms with Crippen molar-refractivity contribution in [3.63, 3.8) is 0 Å². The topological polar surface area (TPSA) is 79.7 Å². The number of pyridine rings is 1. The van der Waals surface area contributed by atoms with Gasteiger partial charge in [0, 0.05) is 16.2 Å². The van der Waals surface area contributed by atoms with Crippen LogP contribution in [-0.4, -0.2) is 21.2 Å². The van der Waals surface area contributed by atoms with E-state index in [2.05, 4.69) is 20.9 Å². The van der Waals surface area contributed by atoms with Crippen LogP contribution in [0.15, 0.2) is 41.0 Å². The summed E-state index contributed by atoms with van der Waals surface area (Å²) in [6.45, 7) is -0.199. The Kier molecular flexibility index (Phi) is 4.13. The number of aromatic carboxylic acids is 1. The van der Waals surface area contributed by atoms with E-state index >= 15 is 0 Å². The lowest BCUT2D eigenvalue weighted by Crippen LogP contribution is -2.03. The predicted octanol–water partition coefficient (Wildman–Crippen LogP) is 2.83. The summed E-state index contributed by atoms with van der Waals surface area (Å²) in [7, 11) is 0. The fraction of sp³-hybridized carbons (Fsp3) is 0.0769. The van der Waals surface area contributed by atoms with Gasteiger partial charge in [-0.15, -0.1) is 0 Å². The van der Waals surface area contributed by atoms with Gasteiger partial charge in [0.2, 0.25) is 5.88 Å². The normalized spacial score (nSPS) is 10.2. The number of carbonyl (C=O) groups is 1. The number of aromatic nitrogens is 1. The van der Waals surface area contributed by atoms with Crippen molar-refractivity contribution in [1.82, 2.24) is 4.98 Å². The first-order chi connectivity index (χ1) is 9.11. The third-order valence-corrected chi connectivity index (χ3v) is 2.83. The van der Waals surface area contributed by atoms with E-state index in [1.165, 1.54) is 12.3 Å². The van der Waals surface area contributed by atoms with Gasteiger partial charge in [-0.1, -0.05) is 18.2 Å². The Hall–Kier alpha value is -1.92. The minimum Gasteiger partial charge on any atom is -0.477 e. The molecule has 2 rings (SSSR count). The van der Waals surface area contributed by atoms with Gasteiger partial charge in [0.05, 0.1) is 6.61 Å². The molecule has 0 aliphatic carbocycles. The molecule has 0 atom stereocenters. The summed E-state index contributed by atoms with van der Waals surface area (Å²) in [6, 6.07) is 8.22. The van der Waals surface area contributed by atoms with E-state index in [0.717, 1.165) is 0 Å². The molecule has 0 saturated heterocycles. The quantitative estimate of drug-likeness (QED) is 0.904. The molecule has 19 heavy (non-hydrogen) atoms. The van der Waals surface area contributed by atoms with Gasteiger partial charge in [-0.3, -0.25) is 0 Å². The van der Waals surface area contributed by atoms with Crippen LogP contribution in [0.4, 0.5) is 0 Å². The summed E-state index contributed by atoms with van der Waals surface area (Å²) in [5.41, 5.74) is 0.505. The molecule has 0 unspecified atom stereocenters. The summed E-state index contributed by atoms with van der Waals surface area (Å²) in [5, 5.41) is 18.3. The maximum absolute atomic E-state index is 11.1. The van der Waals surface area contributed by atoms with Gasteiger partial charge in [-0.25, -0.2) is 9.78 Å².